The lowest BCUT2D eigenvalue weighted by atomic mass is 9.97. The van der Waals surface area contributed by atoms with E-state index in [4.69, 9.17) is 14.2 Å². The van der Waals surface area contributed by atoms with Crippen molar-refractivity contribution in [2.75, 3.05) is 56.3 Å². The monoisotopic (exact) mass is 432 g/mol. The van der Waals surface area contributed by atoms with E-state index in [0.717, 1.165) is 38.4 Å². The van der Waals surface area contributed by atoms with E-state index in [-0.39, 0.29) is 12.1 Å². The summed E-state index contributed by atoms with van der Waals surface area (Å²) in [6.45, 7) is 10.3. The van der Waals surface area contributed by atoms with Crippen molar-refractivity contribution < 1.29 is 23.8 Å². The molecular formula is C22H32N4O5. The zero-order chi connectivity index (χ0) is 22.1. The van der Waals surface area contributed by atoms with Gasteiger partial charge >= 0.3 is 12.2 Å². The molecule has 170 valence electrons. The lowest BCUT2D eigenvalue weighted by molar-refractivity contribution is -0.0490. The minimum atomic E-state index is -0.435. The number of rotatable bonds is 4. The number of anilines is 2. The molecule has 31 heavy (non-hydrogen) atoms. The van der Waals surface area contributed by atoms with Gasteiger partial charge in [0.05, 0.1) is 50.4 Å². The summed E-state index contributed by atoms with van der Waals surface area (Å²) in [5.41, 5.74) is 5.94. The molecule has 2 amide bonds. The molecule has 1 unspecified atom stereocenters. The highest BCUT2D eigenvalue weighted by Gasteiger charge is 2.37. The Morgan fingerprint density at radius 3 is 2.61 bits per heavy atom. The SMILES string of the molecule is COC(=O)N1c2ccc(C3CNN(CC4COC4)C3)cc2N(C(=O)OC(C)C)C[C@@H]1C. The summed E-state index contributed by atoms with van der Waals surface area (Å²) in [6, 6.07) is 5.73. The number of fused-ring (bicyclic) bond motifs is 1. The number of carbonyl (C=O) groups is 2. The Bertz CT molecular complexity index is 828. The molecule has 3 aliphatic heterocycles. The molecule has 0 radical (unpaired) electrons. The number of benzene rings is 1. The Kier molecular flexibility index (Phi) is 6.36. The Balaban J connectivity index is 1.60. The van der Waals surface area contributed by atoms with Crippen molar-refractivity contribution in [3.05, 3.63) is 23.8 Å². The van der Waals surface area contributed by atoms with Crippen LogP contribution in [0.3, 0.4) is 0 Å². The van der Waals surface area contributed by atoms with Crippen LogP contribution in [0.4, 0.5) is 21.0 Å². The molecule has 0 saturated carbocycles. The second kappa shape index (κ2) is 9.02. The van der Waals surface area contributed by atoms with Gasteiger partial charge in [0.2, 0.25) is 0 Å². The normalized spacial score (nSPS) is 24.2. The summed E-state index contributed by atoms with van der Waals surface area (Å²) in [7, 11) is 1.37. The molecule has 2 saturated heterocycles. The molecular weight excluding hydrogens is 400 g/mol. The molecule has 1 aromatic carbocycles. The molecule has 9 heteroatoms. The van der Waals surface area contributed by atoms with Crippen molar-refractivity contribution >= 4 is 23.6 Å². The van der Waals surface area contributed by atoms with E-state index in [0.29, 0.717) is 29.8 Å². The molecule has 0 spiro atoms. The van der Waals surface area contributed by atoms with Gasteiger partial charge in [-0.15, -0.1) is 0 Å². The quantitative estimate of drug-likeness (QED) is 0.783. The zero-order valence-corrected chi connectivity index (χ0v) is 18.7. The average molecular weight is 433 g/mol. The van der Waals surface area contributed by atoms with Crippen molar-refractivity contribution in [1.82, 2.24) is 10.4 Å². The number of carbonyl (C=O) groups excluding carboxylic acids is 2. The van der Waals surface area contributed by atoms with Crippen LogP contribution in [0.2, 0.25) is 0 Å². The summed E-state index contributed by atoms with van der Waals surface area (Å²) in [5, 5.41) is 2.25. The second-order valence-corrected chi connectivity index (χ2v) is 8.85. The van der Waals surface area contributed by atoms with Gasteiger partial charge in [-0.05, 0) is 38.5 Å². The average Bonchev–Trinajstić information content (AvgIpc) is 3.17. The zero-order valence-electron chi connectivity index (χ0n) is 18.7. The van der Waals surface area contributed by atoms with E-state index < -0.39 is 12.2 Å². The standard InChI is InChI=1S/C22H32N4O5/c1-14(2)31-21(27)25-9-15(3)26(22(28)29-4)19-6-5-17(7-20(19)25)18-8-23-24(11-18)10-16-12-30-13-16/h5-7,14-16,18,23H,8-13H2,1-4H3/t15-,18?/m0/s1. The van der Waals surface area contributed by atoms with Crippen LogP contribution in [-0.4, -0.2) is 75.8 Å². The summed E-state index contributed by atoms with van der Waals surface area (Å²) in [4.78, 5) is 28.5. The highest BCUT2D eigenvalue weighted by molar-refractivity contribution is 6.00. The summed E-state index contributed by atoms with van der Waals surface area (Å²) >= 11 is 0. The molecule has 3 heterocycles. The molecule has 0 aromatic heterocycles. The summed E-state index contributed by atoms with van der Waals surface area (Å²) < 4.78 is 15.8. The molecule has 9 nitrogen and oxygen atoms in total. The Labute approximate surface area is 183 Å². The van der Waals surface area contributed by atoms with Crippen LogP contribution < -0.4 is 15.2 Å². The van der Waals surface area contributed by atoms with Gasteiger partial charge in [-0.25, -0.2) is 14.6 Å². The van der Waals surface area contributed by atoms with E-state index in [1.165, 1.54) is 7.11 Å². The third kappa shape index (κ3) is 4.49. The first-order valence-electron chi connectivity index (χ1n) is 10.9. The topological polar surface area (TPSA) is 83.6 Å². The molecule has 2 atom stereocenters. The number of hydrazine groups is 1. The van der Waals surface area contributed by atoms with Crippen LogP contribution in [0.1, 0.15) is 32.3 Å². The van der Waals surface area contributed by atoms with Crippen LogP contribution in [0, 0.1) is 5.92 Å². The lowest BCUT2D eigenvalue weighted by Gasteiger charge is -2.40. The number of hydrogen-bond donors (Lipinski definition) is 1. The predicted octanol–water partition coefficient (Wildman–Crippen LogP) is 2.56. The van der Waals surface area contributed by atoms with Crippen molar-refractivity contribution in [2.45, 2.75) is 38.8 Å². The molecule has 3 aliphatic rings. The highest BCUT2D eigenvalue weighted by Crippen LogP contribution is 2.39. The fourth-order valence-corrected chi connectivity index (χ4v) is 4.41. The Morgan fingerprint density at radius 1 is 1.19 bits per heavy atom. The maximum absolute atomic E-state index is 12.8. The van der Waals surface area contributed by atoms with Crippen molar-refractivity contribution in [2.24, 2.45) is 5.92 Å². The molecule has 0 bridgehead atoms. The third-order valence-corrected chi connectivity index (χ3v) is 6.02. The van der Waals surface area contributed by atoms with Gasteiger partial charge in [0, 0.05) is 31.5 Å². The van der Waals surface area contributed by atoms with E-state index >= 15 is 0 Å². The van der Waals surface area contributed by atoms with Crippen molar-refractivity contribution in [3.8, 4) is 0 Å². The van der Waals surface area contributed by atoms with Crippen LogP contribution in [-0.2, 0) is 14.2 Å². The van der Waals surface area contributed by atoms with Crippen LogP contribution in [0.15, 0.2) is 18.2 Å². The summed E-state index contributed by atoms with van der Waals surface area (Å²) in [6.07, 6.45) is -1.06. The first kappa shape index (κ1) is 21.9. The number of nitrogens with one attached hydrogen (secondary N) is 1. The molecule has 2 fully saturated rings. The van der Waals surface area contributed by atoms with Gasteiger partial charge in [-0.3, -0.25) is 15.2 Å². The van der Waals surface area contributed by atoms with Gasteiger partial charge in [0.1, 0.15) is 0 Å². The lowest BCUT2D eigenvalue weighted by Crippen LogP contribution is -2.52. The van der Waals surface area contributed by atoms with Crippen LogP contribution >= 0.6 is 0 Å². The van der Waals surface area contributed by atoms with Gasteiger partial charge in [-0.1, -0.05) is 6.07 Å². The molecule has 1 aromatic rings. The minimum absolute atomic E-state index is 0.226. The number of methoxy groups -OCH3 is 1. The minimum Gasteiger partial charge on any atom is -0.452 e. The van der Waals surface area contributed by atoms with Gasteiger partial charge in [-0.2, -0.15) is 0 Å². The van der Waals surface area contributed by atoms with Gasteiger partial charge in [0.15, 0.2) is 0 Å². The summed E-state index contributed by atoms with van der Waals surface area (Å²) in [5.74, 6) is 0.881. The van der Waals surface area contributed by atoms with E-state index in [2.05, 4.69) is 10.4 Å². The number of nitrogens with zero attached hydrogens (tertiary/aromatic N) is 3. The van der Waals surface area contributed by atoms with Gasteiger partial charge in [0.25, 0.3) is 0 Å². The number of ether oxygens (including phenoxy) is 3. The van der Waals surface area contributed by atoms with E-state index in [1.807, 2.05) is 39.0 Å². The Morgan fingerprint density at radius 2 is 1.97 bits per heavy atom. The van der Waals surface area contributed by atoms with Crippen molar-refractivity contribution in [1.29, 1.82) is 0 Å². The molecule has 1 N–H and O–H groups in total. The third-order valence-electron chi connectivity index (χ3n) is 6.02. The number of hydrogen-bond acceptors (Lipinski definition) is 7. The second-order valence-electron chi connectivity index (χ2n) is 8.85. The fourth-order valence-electron chi connectivity index (χ4n) is 4.41. The van der Waals surface area contributed by atoms with Crippen LogP contribution in [0.5, 0.6) is 0 Å². The van der Waals surface area contributed by atoms with E-state index in [1.54, 1.807) is 9.80 Å². The largest absolute Gasteiger partial charge is 0.452 e. The Hall–Kier alpha value is -2.36. The van der Waals surface area contributed by atoms with E-state index in [9.17, 15) is 9.59 Å². The van der Waals surface area contributed by atoms with Gasteiger partial charge < -0.3 is 14.2 Å². The smallest absolute Gasteiger partial charge is 0.414 e. The fraction of sp³-hybridized carbons (Fsp3) is 0.636. The highest BCUT2D eigenvalue weighted by atomic mass is 16.6. The maximum atomic E-state index is 12.8. The maximum Gasteiger partial charge on any atom is 0.414 e. The van der Waals surface area contributed by atoms with Crippen molar-refractivity contribution in [3.63, 3.8) is 0 Å². The first-order valence-corrected chi connectivity index (χ1v) is 10.9. The molecule has 0 aliphatic carbocycles. The van der Waals surface area contributed by atoms with Crippen LogP contribution in [0.25, 0.3) is 0 Å². The predicted molar refractivity (Wildman–Crippen MR) is 116 cm³/mol. The first-order chi connectivity index (χ1) is 14.9. The number of amides is 2. The molecule has 4 rings (SSSR count).